The molecule has 0 amide bonds. The van der Waals surface area contributed by atoms with Gasteiger partial charge in [-0.3, -0.25) is 0 Å². The van der Waals surface area contributed by atoms with E-state index >= 15 is 0 Å². The number of para-hydroxylation sites is 1. The van der Waals surface area contributed by atoms with E-state index in [0.29, 0.717) is 0 Å². The summed E-state index contributed by atoms with van der Waals surface area (Å²) >= 11 is 0. The highest BCUT2D eigenvalue weighted by Crippen LogP contribution is 2.46. The van der Waals surface area contributed by atoms with Crippen LogP contribution in [0.1, 0.15) is 0 Å². The van der Waals surface area contributed by atoms with Gasteiger partial charge in [-0.1, -0.05) is 182 Å². The molecule has 0 aliphatic heterocycles. The first-order valence-corrected chi connectivity index (χ1v) is 19.0. The predicted octanol–water partition coefficient (Wildman–Crippen LogP) is 15.4. The maximum absolute atomic E-state index is 2.46. The molecule has 0 saturated heterocycles. The molecule has 1 nitrogen and oxygen atoms in total. The van der Waals surface area contributed by atoms with Crippen molar-refractivity contribution in [3.05, 3.63) is 212 Å². The van der Waals surface area contributed by atoms with Gasteiger partial charge in [0.25, 0.3) is 0 Å². The quantitative estimate of drug-likeness (QED) is 0.162. The van der Waals surface area contributed by atoms with E-state index in [2.05, 4.69) is 217 Å². The molecule has 1 heteroatoms. The van der Waals surface area contributed by atoms with E-state index < -0.39 is 0 Å². The standard InChI is InChI=1S/C54H35N/c1-2-13-36(14-3-1)44-18-10-11-23-51(44)55(42-32-29-38(30-33-42)50-35-41-16-5-6-17-43(41)46-20-8-9-21-47(46)50)52-24-12-22-49-48(52)34-31-40-28-27-39-26-25-37-15-4-7-19-45(37)53(39)54(40)49/h1-35H. The van der Waals surface area contributed by atoms with Crippen molar-refractivity contribution in [2.75, 3.05) is 4.90 Å². The van der Waals surface area contributed by atoms with Crippen molar-refractivity contribution in [3.63, 3.8) is 0 Å². The van der Waals surface area contributed by atoms with Crippen LogP contribution in [0.5, 0.6) is 0 Å². The van der Waals surface area contributed by atoms with E-state index in [9.17, 15) is 0 Å². The summed E-state index contributed by atoms with van der Waals surface area (Å²) in [7, 11) is 0. The van der Waals surface area contributed by atoms with Gasteiger partial charge in [0.05, 0.1) is 11.4 Å². The topological polar surface area (TPSA) is 3.24 Å². The lowest BCUT2D eigenvalue weighted by Crippen LogP contribution is -2.11. The minimum Gasteiger partial charge on any atom is -0.309 e. The van der Waals surface area contributed by atoms with E-state index in [0.717, 1.165) is 17.1 Å². The summed E-state index contributed by atoms with van der Waals surface area (Å²) in [5, 5.41) is 15.2. The van der Waals surface area contributed by atoms with Crippen LogP contribution >= 0.6 is 0 Å². The van der Waals surface area contributed by atoms with Crippen molar-refractivity contribution in [2.45, 2.75) is 0 Å². The summed E-state index contributed by atoms with van der Waals surface area (Å²) in [5.74, 6) is 0. The van der Waals surface area contributed by atoms with Crippen molar-refractivity contribution >= 4 is 81.7 Å². The number of rotatable bonds is 5. The smallest absolute Gasteiger partial charge is 0.0540 e. The van der Waals surface area contributed by atoms with E-state index in [4.69, 9.17) is 0 Å². The first kappa shape index (κ1) is 31.3. The molecule has 0 atom stereocenters. The van der Waals surface area contributed by atoms with Crippen LogP contribution in [0, 0.1) is 0 Å². The van der Waals surface area contributed by atoms with Crippen LogP contribution in [-0.2, 0) is 0 Å². The highest BCUT2D eigenvalue weighted by molar-refractivity contribution is 6.28. The lowest BCUT2D eigenvalue weighted by Gasteiger charge is -2.29. The molecule has 11 aromatic rings. The minimum atomic E-state index is 1.10. The molecule has 11 rings (SSSR count). The fraction of sp³-hybridized carbons (Fsp3) is 0. The highest BCUT2D eigenvalue weighted by atomic mass is 15.1. The Morgan fingerprint density at radius 1 is 0.255 bits per heavy atom. The summed E-state index contributed by atoms with van der Waals surface area (Å²) in [6.07, 6.45) is 0. The van der Waals surface area contributed by atoms with Crippen molar-refractivity contribution in [1.29, 1.82) is 0 Å². The van der Waals surface area contributed by atoms with Crippen molar-refractivity contribution < 1.29 is 0 Å². The average Bonchev–Trinajstić information content (AvgIpc) is 3.26. The predicted molar refractivity (Wildman–Crippen MR) is 237 cm³/mol. The van der Waals surface area contributed by atoms with Crippen LogP contribution in [0.4, 0.5) is 17.1 Å². The molecule has 0 heterocycles. The second-order valence-corrected chi connectivity index (χ2v) is 14.4. The van der Waals surface area contributed by atoms with Gasteiger partial charge in [0.15, 0.2) is 0 Å². The highest BCUT2D eigenvalue weighted by Gasteiger charge is 2.21. The Labute approximate surface area is 320 Å². The van der Waals surface area contributed by atoms with Gasteiger partial charge >= 0.3 is 0 Å². The van der Waals surface area contributed by atoms with Gasteiger partial charge in [0.1, 0.15) is 0 Å². The lowest BCUT2D eigenvalue weighted by atomic mass is 9.92. The molecule has 0 aliphatic carbocycles. The molecule has 11 aromatic carbocycles. The number of anilines is 3. The Balaban J connectivity index is 1.16. The summed E-state index contributed by atoms with van der Waals surface area (Å²) in [4.78, 5) is 2.46. The zero-order chi connectivity index (χ0) is 36.3. The lowest BCUT2D eigenvalue weighted by molar-refractivity contribution is 1.30. The number of hydrogen-bond donors (Lipinski definition) is 0. The Morgan fingerprint density at radius 2 is 0.800 bits per heavy atom. The molecular weight excluding hydrogens is 663 g/mol. The molecule has 0 fully saturated rings. The van der Waals surface area contributed by atoms with Crippen LogP contribution in [0.15, 0.2) is 212 Å². The zero-order valence-electron chi connectivity index (χ0n) is 30.2. The molecule has 0 bridgehead atoms. The molecule has 256 valence electrons. The summed E-state index contributed by atoms with van der Waals surface area (Å²) < 4.78 is 0. The first-order chi connectivity index (χ1) is 27.3. The maximum atomic E-state index is 2.46. The molecule has 55 heavy (non-hydrogen) atoms. The van der Waals surface area contributed by atoms with Crippen LogP contribution in [0.3, 0.4) is 0 Å². The van der Waals surface area contributed by atoms with Gasteiger partial charge in [-0.2, -0.15) is 0 Å². The van der Waals surface area contributed by atoms with Crippen molar-refractivity contribution in [2.24, 2.45) is 0 Å². The summed E-state index contributed by atoms with van der Waals surface area (Å²) in [6, 6.07) is 77.8. The first-order valence-electron chi connectivity index (χ1n) is 19.0. The Morgan fingerprint density at radius 3 is 1.60 bits per heavy atom. The number of fused-ring (bicyclic) bond motifs is 10. The third kappa shape index (κ3) is 5.09. The van der Waals surface area contributed by atoms with E-state index in [-0.39, 0.29) is 0 Å². The van der Waals surface area contributed by atoms with Crippen molar-refractivity contribution in [3.8, 4) is 22.3 Å². The normalized spacial score (nSPS) is 11.6. The second-order valence-electron chi connectivity index (χ2n) is 14.4. The van der Waals surface area contributed by atoms with E-state index in [1.54, 1.807) is 0 Å². The van der Waals surface area contributed by atoms with Gasteiger partial charge in [0.2, 0.25) is 0 Å². The fourth-order valence-corrected chi connectivity index (χ4v) is 8.88. The molecule has 0 unspecified atom stereocenters. The molecule has 0 radical (unpaired) electrons. The molecule has 0 saturated carbocycles. The SMILES string of the molecule is c1ccc(-c2ccccc2N(c2ccc(-c3cc4ccccc4c4ccccc34)cc2)c2cccc3c2ccc2ccc4ccc5ccccc5c4c23)cc1. The minimum absolute atomic E-state index is 1.10. The maximum Gasteiger partial charge on any atom is 0.0540 e. The number of benzene rings is 11. The fourth-order valence-electron chi connectivity index (χ4n) is 8.88. The molecule has 0 aliphatic rings. The van der Waals surface area contributed by atoms with E-state index in [1.165, 1.54) is 86.9 Å². The van der Waals surface area contributed by atoms with Crippen LogP contribution in [0.2, 0.25) is 0 Å². The average molecular weight is 698 g/mol. The second kappa shape index (κ2) is 12.7. The Kier molecular flexibility index (Phi) is 7.25. The van der Waals surface area contributed by atoms with Crippen molar-refractivity contribution in [1.82, 2.24) is 0 Å². The van der Waals surface area contributed by atoms with E-state index in [1.807, 2.05) is 0 Å². The van der Waals surface area contributed by atoms with Crippen LogP contribution in [0.25, 0.3) is 86.9 Å². The van der Waals surface area contributed by atoms with Gasteiger partial charge in [-0.05, 0) is 106 Å². The summed E-state index contributed by atoms with van der Waals surface area (Å²) in [5.41, 5.74) is 8.19. The van der Waals surface area contributed by atoms with Gasteiger partial charge in [-0.25, -0.2) is 0 Å². The third-order valence-electron chi connectivity index (χ3n) is 11.4. The largest absolute Gasteiger partial charge is 0.309 e. The monoisotopic (exact) mass is 697 g/mol. The molecule has 0 aromatic heterocycles. The molecular formula is C54H35N. The molecule has 0 spiro atoms. The van der Waals surface area contributed by atoms with Gasteiger partial charge < -0.3 is 4.90 Å². The number of nitrogens with zero attached hydrogens (tertiary/aromatic N) is 1. The Bertz CT molecular complexity index is 3250. The summed E-state index contributed by atoms with van der Waals surface area (Å²) in [6.45, 7) is 0. The molecule has 0 N–H and O–H groups in total. The van der Waals surface area contributed by atoms with Crippen LogP contribution < -0.4 is 4.90 Å². The Hall–Kier alpha value is -7.22. The van der Waals surface area contributed by atoms with Gasteiger partial charge in [0, 0.05) is 16.6 Å². The van der Waals surface area contributed by atoms with Crippen LogP contribution in [-0.4, -0.2) is 0 Å². The number of hydrogen-bond acceptors (Lipinski definition) is 1. The van der Waals surface area contributed by atoms with Gasteiger partial charge in [-0.15, -0.1) is 0 Å². The third-order valence-corrected chi connectivity index (χ3v) is 11.4. The zero-order valence-corrected chi connectivity index (χ0v) is 30.2.